The molecule has 2 N–H and O–H groups in total. The van der Waals surface area contributed by atoms with Crippen LogP contribution in [0.25, 0.3) is 0 Å². The average molecular weight is 258 g/mol. The number of aromatic nitrogens is 1. The molecule has 4 heteroatoms. The minimum absolute atomic E-state index is 0.123. The van der Waals surface area contributed by atoms with Crippen LogP contribution in [0.4, 0.5) is 4.39 Å². The van der Waals surface area contributed by atoms with Gasteiger partial charge in [-0.15, -0.1) is 0 Å². The van der Waals surface area contributed by atoms with Gasteiger partial charge in [-0.2, -0.15) is 0 Å². The van der Waals surface area contributed by atoms with Crippen molar-refractivity contribution in [1.82, 2.24) is 4.98 Å². The van der Waals surface area contributed by atoms with E-state index in [2.05, 4.69) is 4.98 Å². The monoisotopic (exact) mass is 258 g/mol. The Kier molecular flexibility index (Phi) is 2.95. The van der Waals surface area contributed by atoms with Gasteiger partial charge in [0.05, 0.1) is 0 Å². The molecule has 1 aliphatic rings. The van der Waals surface area contributed by atoms with Crippen LogP contribution in [0.1, 0.15) is 35.3 Å². The topological polar surface area (TPSA) is 48.1 Å². The summed E-state index contributed by atoms with van der Waals surface area (Å²) < 4.78 is 19.2. The molecule has 0 saturated heterocycles. The molecule has 3 rings (SSSR count). The van der Waals surface area contributed by atoms with Gasteiger partial charge >= 0.3 is 0 Å². The van der Waals surface area contributed by atoms with E-state index >= 15 is 0 Å². The molecule has 0 spiro atoms. The fraction of sp³-hybridized carbons (Fsp3) is 0.267. The quantitative estimate of drug-likeness (QED) is 0.855. The molecule has 2 atom stereocenters. The molecular formula is C15H15FN2O. The van der Waals surface area contributed by atoms with Crippen molar-refractivity contribution < 1.29 is 9.13 Å². The molecule has 0 bridgehead atoms. The van der Waals surface area contributed by atoms with Gasteiger partial charge < -0.3 is 10.5 Å². The molecule has 1 aromatic heterocycles. The first-order valence-electron chi connectivity index (χ1n) is 6.27. The zero-order valence-corrected chi connectivity index (χ0v) is 10.6. The average Bonchev–Trinajstić information content (AvgIpc) is 2.40. The standard InChI is InChI=1S/C15H15FN2O/c1-9-4-5-18-8-12(9)15-7-13(17)11-6-10(16)2-3-14(11)19-15/h2-6,8,13,15H,7,17H2,1H3/t13-,15?/m1/s1. The Labute approximate surface area is 111 Å². The highest BCUT2D eigenvalue weighted by molar-refractivity contribution is 5.40. The van der Waals surface area contributed by atoms with E-state index in [-0.39, 0.29) is 18.0 Å². The minimum Gasteiger partial charge on any atom is -0.485 e. The maximum atomic E-state index is 13.2. The summed E-state index contributed by atoms with van der Waals surface area (Å²) in [5.74, 6) is 0.377. The zero-order valence-electron chi connectivity index (χ0n) is 10.6. The van der Waals surface area contributed by atoms with E-state index in [0.717, 1.165) is 16.7 Å². The van der Waals surface area contributed by atoms with Crippen LogP contribution in [-0.4, -0.2) is 4.98 Å². The van der Waals surface area contributed by atoms with Crippen LogP contribution in [0.2, 0.25) is 0 Å². The predicted molar refractivity (Wildman–Crippen MR) is 70.3 cm³/mol. The van der Waals surface area contributed by atoms with E-state index in [0.29, 0.717) is 12.2 Å². The highest BCUT2D eigenvalue weighted by Gasteiger charge is 2.28. The van der Waals surface area contributed by atoms with Crippen molar-refractivity contribution >= 4 is 0 Å². The number of hydrogen-bond donors (Lipinski definition) is 1. The van der Waals surface area contributed by atoms with Gasteiger partial charge in [-0.3, -0.25) is 4.98 Å². The smallest absolute Gasteiger partial charge is 0.127 e. The van der Waals surface area contributed by atoms with Crippen LogP contribution in [0.15, 0.2) is 36.7 Å². The molecule has 0 aliphatic carbocycles. The molecular weight excluding hydrogens is 243 g/mol. The van der Waals surface area contributed by atoms with E-state index < -0.39 is 0 Å². The number of rotatable bonds is 1. The Hall–Kier alpha value is -1.94. The van der Waals surface area contributed by atoms with Crippen molar-refractivity contribution in [1.29, 1.82) is 0 Å². The largest absolute Gasteiger partial charge is 0.485 e. The van der Waals surface area contributed by atoms with Gasteiger partial charge in [0.2, 0.25) is 0 Å². The second kappa shape index (κ2) is 4.63. The Bertz CT molecular complexity index is 615. The Morgan fingerprint density at radius 3 is 2.95 bits per heavy atom. The second-order valence-corrected chi connectivity index (χ2v) is 4.86. The summed E-state index contributed by atoms with van der Waals surface area (Å²) in [6.45, 7) is 2.02. The summed E-state index contributed by atoms with van der Waals surface area (Å²) in [6.07, 6.45) is 4.07. The van der Waals surface area contributed by atoms with Crippen LogP contribution in [-0.2, 0) is 0 Å². The highest BCUT2D eigenvalue weighted by Crippen LogP contribution is 2.40. The third kappa shape index (κ3) is 2.19. The van der Waals surface area contributed by atoms with Gasteiger partial charge in [-0.05, 0) is 36.8 Å². The molecule has 0 saturated carbocycles. The summed E-state index contributed by atoms with van der Waals surface area (Å²) in [5.41, 5.74) is 9.02. The van der Waals surface area contributed by atoms with Crippen LogP contribution >= 0.6 is 0 Å². The van der Waals surface area contributed by atoms with Crippen molar-refractivity contribution in [3.8, 4) is 5.75 Å². The molecule has 3 nitrogen and oxygen atoms in total. The third-order valence-corrected chi connectivity index (χ3v) is 3.53. The summed E-state index contributed by atoms with van der Waals surface area (Å²) in [7, 11) is 0. The number of hydrogen-bond acceptors (Lipinski definition) is 3. The van der Waals surface area contributed by atoms with Gasteiger partial charge in [-0.1, -0.05) is 0 Å². The number of nitrogens with two attached hydrogens (primary N) is 1. The molecule has 1 unspecified atom stereocenters. The first-order chi connectivity index (χ1) is 9.15. The fourth-order valence-electron chi connectivity index (χ4n) is 2.48. The summed E-state index contributed by atoms with van der Waals surface area (Å²) in [4.78, 5) is 4.14. The number of benzene rings is 1. The lowest BCUT2D eigenvalue weighted by molar-refractivity contribution is 0.160. The van der Waals surface area contributed by atoms with E-state index in [9.17, 15) is 4.39 Å². The van der Waals surface area contributed by atoms with E-state index in [1.807, 2.05) is 13.0 Å². The number of halogens is 1. The van der Waals surface area contributed by atoms with E-state index in [4.69, 9.17) is 10.5 Å². The van der Waals surface area contributed by atoms with Gasteiger partial charge in [0.1, 0.15) is 17.7 Å². The first kappa shape index (κ1) is 12.1. The molecule has 1 aliphatic heterocycles. The lowest BCUT2D eigenvalue weighted by atomic mass is 9.92. The van der Waals surface area contributed by atoms with Crippen molar-refractivity contribution in [2.45, 2.75) is 25.5 Å². The van der Waals surface area contributed by atoms with Crippen LogP contribution in [0, 0.1) is 12.7 Å². The number of ether oxygens (including phenoxy) is 1. The Morgan fingerprint density at radius 2 is 2.16 bits per heavy atom. The predicted octanol–water partition coefficient (Wildman–Crippen LogP) is 3.05. The molecule has 1 aromatic carbocycles. The van der Waals surface area contributed by atoms with Gasteiger partial charge in [0, 0.05) is 36.0 Å². The second-order valence-electron chi connectivity index (χ2n) is 4.86. The van der Waals surface area contributed by atoms with Gasteiger partial charge in [0.25, 0.3) is 0 Å². The molecule has 0 radical (unpaired) electrons. The van der Waals surface area contributed by atoms with Crippen LogP contribution < -0.4 is 10.5 Å². The number of fused-ring (bicyclic) bond motifs is 1. The lowest BCUT2D eigenvalue weighted by Gasteiger charge is -2.31. The van der Waals surface area contributed by atoms with Crippen molar-refractivity contribution in [2.24, 2.45) is 5.73 Å². The third-order valence-electron chi connectivity index (χ3n) is 3.53. The van der Waals surface area contributed by atoms with Gasteiger partial charge in [-0.25, -0.2) is 4.39 Å². The Morgan fingerprint density at radius 1 is 1.32 bits per heavy atom. The van der Waals surface area contributed by atoms with Gasteiger partial charge in [0.15, 0.2) is 0 Å². The normalized spacial score (nSPS) is 21.6. The number of nitrogens with zero attached hydrogens (tertiary/aromatic N) is 1. The van der Waals surface area contributed by atoms with Crippen LogP contribution in [0.3, 0.4) is 0 Å². The fourth-order valence-corrected chi connectivity index (χ4v) is 2.48. The number of pyridine rings is 1. The summed E-state index contributed by atoms with van der Waals surface area (Å²) >= 11 is 0. The van der Waals surface area contributed by atoms with Crippen LogP contribution in [0.5, 0.6) is 5.75 Å². The molecule has 0 amide bonds. The molecule has 2 heterocycles. The lowest BCUT2D eigenvalue weighted by Crippen LogP contribution is -2.24. The Balaban J connectivity index is 1.97. The van der Waals surface area contributed by atoms with E-state index in [1.165, 1.54) is 12.1 Å². The van der Waals surface area contributed by atoms with E-state index in [1.54, 1.807) is 18.5 Å². The molecule has 0 fully saturated rings. The van der Waals surface area contributed by atoms with Crippen molar-refractivity contribution in [2.75, 3.05) is 0 Å². The summed E-state index contributed by atoms with van der Waals surface area (Å²) in [5, 5.41) is 0. The minimum atomic E-state index is -0.284. The molecule has 2 aromatic rings. The first-order valence-corrected chi connectivity index (χ1v) is 6.27. The summed E-state index contributed by atoms with van der Waals surface area (Å²) in [6, 6.07) is 6.22. The zero-order chi connectivity index (χ0) is 13.4. The van der Waals surface area contributed by atoms with Crippen molar-refractivity contribution in [3.05, 3.63) is 59.2 Å². The SMILES string of the molecule is Cc1ccncc1C1C[C@@H](N)c2cc(F)ccc2O1. The highest BCUT2D eigenvalue weighted by atomic mass is 19.1. The molecule has 98 valence electrons. The van der Waals surface area contributed by atoms with Crippen molar-refractivity contribution in [3.63, 3.8) is 0 Å². The molecule has 19 heavy (non-hydrogen) atoms. The maximum Gasteiger partial charge on any atom is 0.127 e. The number of aryl methyl sites for hydroxylation is 1. The maximum absolute atomic E-state index is 13.2.